The van der Waals surface area contributed by atoms with Crippen LogP contribution < -0.4 is 16.0 Å². The lowest BCUT2D eigenvalue weighted by atomic mass is 10.2. The van der Waals surface area contributed by atoms with E-state index in [1.54, 1.807) is 18.8 Å². The monoisotopic (exact) mass is 492 g/mol. The summed E-state index contributed by atoms with van der Waals surface area (Å²) in [6.07, 6.45) is -1.36. The van der Waals surface area contributed by atoms with E-state index in [0.29, 0.717) is 19.0 Å². The number of aliphatic imine (C=N–C) groups is 1. The summed E-state index contributed by atoms with van der Waals surface area (Å²) in [6, 6.07) is 0.836. The molecule has 0 aliphatic heterocycles. The Balaban J connectivity index is 0.00000576. The van der Waals surface area contributed by atoms with Gasteiger partial charge in [-0.1, -0.05) is 0 Å². The van der Waals surface area contributed by atoms with Gasteiger partial charge in [-0.25, -0.2) is 9.97 Å². The maximum absolute atomic E-state index is 12.6. The highest BCUT2D eigenvalue weighted by molar-refractivity contribution is 14.0. The van der Waals surface area contributed by atoms with Crippen LogP contribution in [0.15, 0.2) is 17.3 Å². The molecule has 1 aromatic heterocycles. The Morgan fingerprint density at radius 1 is 1.24 bits per heavy atom. The highest BCUT2D eigenvalue weighted by Crippen LogP contribution is 2.27. The minimum atomic E-state index is -4.48. The van der Waals surface area contributed by atoms with E-state index in [1.807, 2.05) is 6.26 Å². The summed E-state index contributed by atoms with van der Waals surface area (Å²) in [6.45, 7) is 5.78. The molecule has 6 nitrogen and oxygen atoms in total. The lowest BCUT2D eigenvalue weighted by molar-refractivity contribution is -0.141. The molecule has 0 aliphatic rings. The fourth-order valence-corrected chi connectivity index (χ4v) is 1.76. The fraction of sp³-hybridized carbons (Fsp3) is 0.643. The molecule has 1 aromatic rings. The van der Waals surface area contributed by atoms with Gasteiger partial charge in [0.15, 0.2) is 5.96 Å². The van der Waals surface area contributed by atoms with Gasteiger partial charge in [0.25, 0.3) is 0 Å². The van der Waals surface area contributed by atoms with Crippen LogP contribution in [0.25, 0.3) is 0 Å². The average Bonchev–Trinajstić information content (AvgIpc) is 2.53. The molecule has 25 heavy (non-hydrogen) atoms. The van der Waals surface area contributed by atoms with Gasteiger partial charge in [-0.2, -0.15) is 24.9 Å². The lowest BCUT2D eigenvalue weighted by Gasteiger charge is -2.23. The normalized spacial score (nSPS) is 12.4. The molecule has 1 rings (SSSR count). The van der Waals surface area contributed by atoms with Gasteiger partial charge in [-0.3, -0.25) is 4.99 Å². The average molecular weight is 492 g/mol. The molecule has 0 amide bonds. The number of nitrogens with zero attached hydrogens (tertiary/aromatic N) is 3. The number of thioether (sulfide) groups is 1. The summed E-state index contributed by atoms with van der Waals surface area (Å²) >= 11 is 1.74. The Morgan fingerprint density at radius 2 is 1.92 bits per heavy atom. The number of alkyl halides is 3. The van der Waals surface area contributed by atoms with Crippen LogP contribution in [-0.4, -0.2) is 53.6 Å². The van der Waals surface area contributed by atoms with Crippen molar-refractivity contribution in [1.29, 1.82) is 0 Å². The molecule has 0 aromatic carbocycles. The Labute approximate surface area is 167 Å². The van der Waals surface area contributed by atoms with E-state index < -0.39 is 11.9 Å². The first-order valence-corrected chi connectivity index (χ1v) is 8.54. The number of halogens is 4. The molecular formula is C14H24F3IN6S. The SMILES string of the molecule is CN=C(NCCNc1nccc(C(F)(F)F)n1)NCC(C)(C)SC.I. The Bertz CT molecular complexity index is 554. The number of aromatic nitrogens is 2. The van der Waals surface area contributed by atoms with E-state index in [0.717, 1.165) is 18.8 Å². The van der Waals surface area contributed by atoms with Crippen molar-refractivity contribution >= 4 is 47.6 Å². The summed E-state index contributed by atoms with van der Waals surface area (Å²) in [5.41, 5.74) is -0.968. The number of nitrogens with one attached hydrogen (secondary N) is 3. The van der Waals surface area contributed by atoms with Gasteiger partial charge in [-0.05, 0) is 26.2 Å². The van der Waals surface area contributed by atoms with E-state index in [9.17, 15) is 13.2 Å². The molecule has 11 heteroatoms. The van der Waals surface area contributed by atoms with Crippen LogP contribution in [0.3, 0.4) is 0 Å². The van der Waals surface area contributed by atoms with Crippen molar-refractivity contribution in [2.45, 2.75) is 24.8 Å². The van der Waals surface area contributed by atoms with Crippen molar-refractivity contribution in [2.75, 3.05) is 38.3 Å². The second kappa shape index (κ2) is 10.9. The lowest BCUT2D eigenvalue weighted by Crippen LogP contribution is -2.44. The van der Waals surface area contributed by atoms with Crippen LogP contribution in [0.2, 0.25) is 0 Å². The van der Waals surface area contributed by atoms with Crippen molar-refractivity contribution in [3.8, 4) is 0 Å². The van der Waals surface area contributed by atoms with E-state index in [1.165, 1.54) is 0 Å². The van der Waals surface area contributed by atoms with Crippen molar-refractivity contribution in [3.05, 3.63) is 18.0 Å². The zero-order chi connectivity index (χ0) is 18.2. The molecule has 1 heterocycles. The van der Waals surface area contributed by atoms with Crippen LogP contribution in [0.5, 0.6) is 0 Å². The number of guanidine groups is 1. The van der Waals surface area contributed by atoms with Crippen molar-refractivity contribution < 1.29 is 13.2 Å². The van der Waals surface area contributed by atoms with Gasteiger partial charge in [0.2, 0.25) is 5.95 Å². The Morgan fingerprint density at radius 3 is 2.48 bits per heavy atom. The number of hydrogen-bond acceptors (Lipinski definition) is 5. The van der Waals surface area contributed by atoms with Gasteiger partial charge in [0, 0.05) is 37.6 Å². The third-order valence-corrected chi connectivity index (χ3v) is 4.35. The van der Waals surface area contributed by atoms with Crippen LogP contribution in [0.1, 0.15) is 19.5 Å². The molecule has 0 aliphatic carbocycles. The maximum Gasteiger partial charge on any atom is 0.433 e. The van der Waals surface area contributed by atoms with Gasteiger partial charge < -0.3 is 16.0 Å². The first-order valence-electron chi connectivity index (χ1n) is 7.32. The highest BCUT2D eigenvalue weighted by atomic mass is 127. The minimum Gasteiger partial charge on any atom is -0.355 e. The summed E-state index contributed by atoms with van der Waals surface area (Å²) < 4.78 is 37.8. The molecule has 0 radical (unpaired) electrons. The zero-order valence-corrected chi connectivity index (χ0v) is 17.7. The van der Waals surface area contributed by atoms with Gasteiger partial charge in [-0.15, -0.1) is 24.0 Å². The third kappa shape index (κ3) is 9.33. The first-order chi connectivity index (χ1) is 11.2. The minimum absolute atomic E-state index is 0. The molecule has 0 fully saturated rings. The molecule has 0 bridgehead atoms. The molecule has 0 spiro atoms. The van der Waals surface area contributed by atoms with Crippen LogP contribution >= 0.6 is 35.7 Å². The zero-order valence-electron chi connectivity index (χ0n) is 14.6. The van der Waals surface area contributed by atoms with E-state index in [2.05, 4.69) is 44.8 Å². The fourth-order valence-electron chi connectivity index (χ4n) is 1.55. The topological polar surface area (TPSA) is 74.2 Å². The number of rotatable bonds is 7. The predicted octanol–water partition coefficient (Wildman–Crippen LogP) is 2.83. The first kappa shape index (κ1) is 24.0. The quantitative estimate of drug-likeness (QED) is 0.235. The summed E-state index contributed by atoms with van der Waals surface area (Å²) in [5, 5.41) is 9.02. The molecule has 144 valence electrons. The van der Waals surface area contributed by atoms with E-state index in [4.69, 9.17) is 0 Å². The second-order valence-corrected chi connectivity index (χ2v) is 7.02. The molecule has 0 unspecified atom stereocenters. The molecule has 0 atom stereocenters. The van der Waals surface area contributed by atoms with E-state index in [-0.39, 0.29) is 34.7 Å². The predicted molar refractivity (Wildman–Crippen MR) is 108 cm³/mol. The number of anilines is 1. The molecular weight excluding hydrogens is 468 g/mol. The van der Waals surface area contributed by atoms with Crippen LogP contribution in [0, 0.1) is 0 Å². The Kier molecular flexibility index (Phi) is 10.5. The highest BCUT2D eigenvalue weighted by Gasteiger charge is 2.32. The van der Waals surface area contributed by atoms with Crippen molar-refractivity contribution in [1.82, 2.24) is 20.6 Å². The van der Waals surface area contributed by atoms with Gasteiger partial charge in [0.05, 0.1) is 0 Å². The summed E-state index contributed by atoms with van der Waals surface area (Å²) in [4.78, 5) is 11.3. The Hall–Kier alpha value is -0.980. The summed E-state index contributed by atoms with van der Waals surface area (Å²) in [5.74, 6) is 0.571. The largest absolute Gasteiger partial charge is 0.433 e. The second-order valence-electron chi connectivity index (χ2n) is 5.51. The summed E-state index contributed by atoms with van der Waals surface area (Å²) in [7, 11) is 1.66. The van der Waals surface area contributed by atoms with Gasteiger partial charge >= 0.3 is 6.18 Å². The molecule has 0 saturated carbocycles. The molecule has 3 N–H and O–H groups in total. The molecule has 0 saturated heterocycles. The van der Waals surface area contributed by atoms with Crippen LogP contribution in [0.4, 0.5) is 19.1 Å². The van der Waals surface area contributed by atoms with E-state index >= 15 is 0 Å². The van der Waals surface area contributed by atoms with Crippen molar-refractivity contribution in [2.24, 2.45) is 4.99 Å². The van der Waals surface area contributed by atoms with Crippen LogP contribution in [-0.2, 0) is 6.18 Å². The third-order valence-electron chi connectivity index (χ3n) is 3.10. The van der Waals surface area contributed by atoms with Gasteiger partial charge in [0.1, 0.15) is 5.69 Å². The smallest absolute Gasteiger partial charge is 0.355 e. The standard InChI is InChI=1S/C14H23F3N6S.HI/c1-13(2,24-4)9-22-11(18-3)20-7-8-21-12-19-6-5-10(23-12)14(15,16)17;/h5-6H,7-9H2,1-4H3,(H2,18,20,22)(H,19,21,23);1H. The maximum atomic E-state index is 12.6. The number of hydrogen-bond donors (Lipinski definition) is 3. The van der Waals surface area contributed by atoms with Crippen molar-refractivity contribution in [3.63, 3.8) is 0 Å².